The predicted octanol–water partition coefficient (Wildman–Crippen LogP) is 2.96. The normalized spacial score (nSPS) is 12.9. The second kappa shape index (κ2) is 7.43. The minimum absolute atomic E-state index is 0.129. The van der Waals surface area contributed by atoms with Crippen LogP contribution in [0.3, 0.4) is 0 Å². The molecule has 1 unspecified atom stereocenters. The van der Waals surface area contributed by atoms with Gasteiger partial charge in [0.15, 0.2) is 0 Å². The molecule has 0 saturated carbocycles. The smallest absolute Gasteiger partial charge is 0.323 e. The van der Waals surface area contributed by atoms with E-state index in [1.54, 1.807) is 0 Å². The zero-order valence-corrected chi connectivity index (χ0v) is 14.4. The highest BCUT2D eigenvalue weighted by Gasteiger charge is 2.26. The first-order chi connectivity index (χ1) is 9.79. The largest absolute Gasteiger partial charge is 0.463 e. The number of nitrogens with zero attached hydrogens (tertiary/aromatic N) is 4. The molecule has 1 heterocycles. The Hall–Kier alpha value is -1.59. The van der Waals surface area contributed by atoms with Crippen molar-refractivity contribution in [2.45, 2.75) is 54.0 Å². The minimum atomic E-state index is 0.129. The van der Waals surface area contributed by atoms with Crippen molar-refractivity contribution in [3.05, 3.63) is 0 Å². The van der Waals surface area contributed by atoms with Gasteiger partial charge < -0.3 is 15.0 Å². The van der Waals surface area contributed by atoms with Crippen molar-refractivity contribution >= 4 is 11.9 Å². The summed E-state index contributed by atoms with van der Waals surface area (Å²) in [6.45, 7) is 14.2. The summed E-state index contributed by atoms with van der Waals surface area (Å²) >= 11 is 0. The van der Waals surface area contributed by atoms with Crippen LogP contribution in [0.4, 0.5) is 11.9 Å². The molecule has 0 aromatic carbocycles. The number of ether oxygens (including phenoxy) is 1. The quantitative estimate of drug-likeness (QED) is 0.834. The van der Waals surface area contributed by atoms with Gasteiger partial charge in [-0.3, -0.25) is 0 Å². The molecule has 0 aliphatic carbocycles. The van der Waals surface area contributed by atoms with Crippen molar-refractivity contribution in [3.63, 3.8) is 0 Å². The molecule has 1 rings (SSSR count). The van der Waals surface area contributed by atoms with Crippen LogP contribution in [-0.4, -0.2) is 41.2 Å². The van der Waals surface area contributed by atoms with Crippen LogP contribution in [0.2, 0.25) is 0 Å². The van der Waals surface area contributed by atoms with Gasteiger partial charge in [-0.05, 0) is 25.7 Å². The number of hydrogen-bond donors (Lipinski definition) is 1. The molecule has 0 spiro atoms. The third-order valence-electron chi connectivity index (χ3n) is 3.52. The van der Waals surface area contributed by atoms with Crippen LogP contribution in [0.1, 0.15) is 48.0 Å². The van der Waals surface area contributed by atoms with Gasteiger partial charge in [0.1, 0.15) is 0 Å². The van der Waals surface area contributed by atoms with Crippen molar-refractivity contribution in [1.82, 2.24) is 15.0 Å². The summed E-state index contributed by atoms with van der Waals surface area (Å²) in [6, 6.07) is 0.666. The summed E-state index contributed by atoms with van der Waals surface area (Å²) in [5, 5.41) is 3.13. The minimum Gasteiger partial charge on any atom is -0.463 e. The number of hydrogen-bond acceptors (Lipinski definition) is 6. The van der Waals surface area contributed by atoms with E-state index in [0.717, 1.165) is 13.0 Å². The Labute approximate surface area is 128 Å². The number of rotatable bonds is 7. The van der Waals surface area contributed by atoms with Crippen molar-refractivity contribution in [3.8, 4) is 6.01 Å². The van der Waals surface area contributed by atoms with Crippen LogP contribution in [0, 0.1) is 5.41 Å². The molecule has 1 N–H and O–H groups in total. The van der Waals surface area contributed by atoms with E-state index in [2.05, 4.69) is 59.8 Å². The maximum absolute atomic E-state index is 5.57. The highest BCUT2D eigenvalue weighted by atomic mass is 16.5. The van der Waals surface area contributed by atoms with Gasteiger partial charge in [-0.2, -0.15) is 15.0 Å². The van der Waals surface area contributed by atoms with Crippen molar-refractivity contribution in [2.75, 3.05) is 30.4 Å². The topological polar surface area (TPSA) is 63.2 Å². The van der Waals surface area contributed by atoms with Gasteiger partial charge in [-0.1, -0.05) is 27.7 Å². The summed E-state index contributed by atoms with van der Waals surface area (Å²) < 4.78 is 5.57. The van der Waals surface area contributed by atoms with Crippen LogP contribution < -0.4 is 15.0 Å². The molecule has 0 fully saturated rings. The van der Waals surface area contributed by atoms with Crippen molar-refractivity contribution < 1.29 is 4.74 Å². The average Bonchev–Trinajstić information content (AvgIpc) is 2.42. The molecule has 6 heteroatoms. The lowest BCUT2D eigenvalue weighted by molar-refractivity contribution is 0.289. The molecule has 0 saturated heterocycles. The van der Waals surface area contributed by atoms with E-state index in [0.29, 0.717) is 24.5 Å². The third-order valence-corrected chi connectivity index (χ3v) is 3.52. The van der Waals surface area contributed by atoms with E-state index >= 15 is 0 Å². The van der Waals surface area contributed by atoms with Gasteiger partial charge in [0.05, 0.1) is 6.61 Å². The molecular weight excluding hydrogens is 266 g/mol. The van der Waals surface area contributed by atoms with Crippen LogP contribution in [0.15, 0.2) is 0 Å². The Balaban J connectivity index is 3.06. The number of nitrogens with one attached hydrogen (secondary N) is 1. The molecule has 21 heavy (non-hydrogen) atoms. The Morgan fingerprint density at radius 2 is 1.86 bits per heavy atom. The van der Waals surface area contributed by atoms with E-state index in [1.807, 2.05) is 14.0 Å². The Bertz CT molecular complexity index is 444. The van der Waals surface area contributed by atoms with Crippen LogP contribution in [0.5, 0.6) is 6.01 Å². The molecule has 1 atom stereocenters. The first kappa shape index (κ1) is 17.5. The van der Waals surface area contributed by atoms with Crippen LogP contribution in [0.25, 0.3) is 0 Å². The standard InChI is InChI=1S/C15H29N5O/c1-8-10-21-14-18-12(16-9-2)17-13(19-14)20(7)11(3)15(4,5)6/h11H,8-10H2,1-7H3,(H,16,17,18,19). The molecular formula is C15H29N5O. The zero-order chi connectivity index (χ0) is 16.0. The first-order valence-electron chi connectivity index (χ1n) is 7.65. The summed E-state index contributed by atoms with van der Waals surface area (Å²) in [4.78, 5) is 15.3. The fourth-order valence-electron chi connectivity index (χ4n) is 1.75. The molecule has 120 valence electrons. The second-order valence-corrected chi connectivity index (χ2v) is 6.27. The second-order valence-electron chi connectivity index (χ2n) is 6.27. The maximum atomic E-state index is 5.57. The first-order valence-corrected chi connectivity index (χ1v) is 7.65. The molecule has 0 bridgehead atoms. The van der Waals surface area contributed by atoms with Crippen LogP contribution >= 0.6 is 0 Å². The lowest BCUT2D eigenvalue weighted by Gasteiger charge is -2.35. The molecule has 1 aromatic heterocycles. The predicted molar refractivity (Wildman–Crippen MR) is 87.1 cm³/mol. The molecule has 0 radical (unpaired) electrons. The Morgan fingerprint density at radius 3 is 2.38 bits per heavy atom. The highest BCUT2D eigenvalue weighted by molar-refractivity contribution is 5.38. The summed E-state index contributed by atoms with van der Waals surface area (Å²) in [7, 11) is 2.00. The van der Waals surface area contributed by atoms with Gasteiger partial charge in [0, 0.05) is 19.6 Å². The molecule has 0 amide bonds. The molecule has 0 aliphatic rings. The zero-order valence-electron chi connectivity index (χ0n) is 14.4. The summed E-state index contributed by atoms with van der Waals surface area (Å²) in [5.74, 6) is 1.19. The Kier molecular flexibility index (Phi) is 6.18. The van der Waals surface area contributed by atoms with Crippen molar-refractivity contribution in [1.29, 1.82) is 0 Å². The van der Waals surface area contributed by atoms with Gasteiger partial charge in [-0.15, -0.1) is 0 Å². The van der Waals surface area contributed by atoms with Gasteiger partial charge in [0.25, 0.3) is 0 Å². The van der Waals surface area contributed by atoms with Gasteiger partial charge >= 0.3 is 6.01 Å². The molecule has 6 nitrogen and oxygen atoms in total. The highest BCUT2D eigenvalue weighted by Crippen LogP contribution is 2.26. The summed E-state index contributed by atoms with van der Waals surface area (Å²) in [5.41, 5.74) is 0.129. The van der Waals surface area contributed by atoms with E-state index in [-0.39, 0.29) is 11.5 Å². The molecule has 0 aliphatic heterocycles. The lowest BCUT2D eigenvalue weighted by atomic mass is 9.87. The van der Waals surface area contributed by atoms with E-state index in [4.69, 9.17) is 4.74 Å². The van der Waals surface area contributed by atoms with E-state index < -0.39 is 0 Å². The summed E-state index contributed by atoms with van der Waals surface area (Å²) in [6.07, 6.45) is 0.922. The lowest BCUT2D eigenvalue weighted by Crippen LogP contribution is -2.40. The fourth-order valence-corrected chi connectivity index (χ4v) is 1.75. The Morgan fingerprint density at radius 1 is 1.19 bits per heavy atom. The van der Waals surface area contributed by atoms with E-state index in [1.165, 1.54) is 0 Å². The SMILES string of the molecule is CCCOc1nc(NCC)nc(N(C)C(C)C(C)(C)C)n1. The van der Waals surface area contributed by atoms with Gasteiger partial charge in [0.2, 0.25) is 11.9 Å². The van der Waals surface area contributed by atoms with Crippen molar-refractivity contribution in [2.24, 2.45) is 5.41 Å². The number of aromatic nitrogens is 3. The van der Waals surface area contributed by atoms with Crippen LogP contribution in [-0.2, 0) is 0 Å². The number of anilines is 2. The maximum Gasteiger partial charge on any atom is 0.323 e. The van der Waals surface area contributed by atoms with E-state index in [9.17, 15) is 0 Å². The fraction of sp³-hybridized carbons (Fsp3) is 0.800. The monoisotopic (exact) mass is 295 g/mol. The third kappa shape index (κ3) is 5.02. The van der Waals surface area contributed by atoms with Gasteiger partial charge in [-0.25, -0.2) is 0 Å². The average molecular weight is 295 g/mol. The molecule has 1 aromatic rings.